The molecule has 1 aliphatic carbocycles. The predicted octanol–water partition coefficient (Wildman–Crippen LogP) is 1.76. The Hall–Kier alpha value is -2.25. The van der Waals surface area contributed by atoms with Crippen molar-refractivity contribution in [2.75, 3.05) is 13.1 Å². The highest BCUT2D eigenvalue weighted by molar-refractivity contribution is 5.76. The summed E-state index contributed by atoms with van der Waals surface area (Å²) in [5.74, 6) is 2.74. The van der Waals surface area contributed by atoms with E-state index < -0.39 is 0 Å². The highest BCUT2D eigenvalue weighted by atomic mass is 16.2. The molecule has 1 aliphatic heterocycles. The van der Waals surface area contributed by atoms with Crippen molar-refractivity contribution < 1.29 is 4.79 Å². The lowest BCUT2D eigenvalue weighted by Crippen LogP contribution is -2.38. The van der Waals surface area contributed by atoms with Crippen LogP contribution in [0.2, 0.25) is 0 Å². The van der Waals surface area contributed by atoms with Crippen LogP contribution in [0.25, 0.3) is 0 Å². The second-order valence-corrected chi connectivity index (χ2v) is 7.07. The summed E-state index contributed by atoms with van der Waals surface area (Å²) < 4.78 is 4.12. The third-order valence-corrected chi connectivity index (χ3v) is 5.15. The fourth-order valence-electron chi connectivity index (χ4n) is 3.67. The van der Waals surface area contributed by atoms with Crippen molar-refractivity contribution in [2.45, 2.75) is 64.0 Å². The third kappa shape index (κ3) is 3.43. The number of hydrogen-bond donors (Lipinski definition) is 0. The molecule has 8 heteroatoms. The van der Waals surface area contributed by atoms with Crippen molar-refractivity contribution >= 4 is 5.91 Å². The van der Waals surface area contributed by atoms with Crippen molar-refractivity contribution in [2.24, 2.45) is 0 Å². The molecule has 0 radical (unpaired) electrons. The van der Waals surface area contributed by atoms with Crippen molar-refractivity contribution in [3.63, 3.8) is 0 Å². The first kappa shape index (κ1) is 16.2. The normalized spacial score (nSPS) is 18.7. The molecule has 0 unspecified atom stereocenters. The second-order valence-electron chi connectivity index (χ2n) is 7.07. The van der Waals surface area contributed by atoms with Crippen LogP contribution < -0.4 is 0 Å². The quantitative estimate of drug-likeness (QED) is 0.798. The van der Waals surface area contributed by atoms with Gasteiger partial charge < -0.3 is 9.47 Å². The van der Waals surface area contributed by atoms with Gasteiger partial charge in [0.25, 0.3) is 0 Å². The maximum Gasteiger partial charge on any atom is 0.222 e. The maximum atomic E-state index is 12.1. The smallest absolute Gasteiger partial charge is 0.222 e. The van der Waals surface area contributed by atoms with Crippen LogP contribution in [-0.2, 0) is 11.3 Å². The first-order valence-electron chi connectivity index (χ1n) is 9.30. The SMILES string of the molecule is CCCC(=O)N1CCC(c2nnc(Cn3cncn3)n2C2CC2)CC1. The van der Waals surface area contributed by atoms with Crippen LogP contribution in [0.5, 0.6) is 0 Å². The van der Waals surface area contributed by atoms with Gasteiger partial charge in [-0.05, 0) is 32.1 Å². The van der Waals surface area contributed by atoms with Crippen LogP contribution in [0.15, 0.2) is 12.7 Å². The summed E-state index contributed by atoms with van der Waals surface area (Å²) in [7, 11) is 0. The molecule has 1 saturated carbocycles. The fourth-order valence-corrected chi connectivity index (χ4v) is 3.67. The molecule has 134 valence electrons. The Balaban J connectivity index is 1.48. The zero-order chi connectivity index (χ0) is 17.2. The number of amides is 1. The first-order chi connectivity index (χ1) is 12.3. The van der Waals surface area contributed by atoms with Gasteiger partial charge in [0, 0.05) is 31.5 Å². The Morgan fingerprint density at radius 2 is 2.00 bits per heavy atom. The number of aromatic nitrogens is 6. The van der Waals surface area contributed by atoms with Gasteiger partial charge in [-0.15, -0.1) is 10.2 Å². The maximum absolute atomic E-state index is 12.1. The molecule has 2 fully saturated rings. The molecular weight excluding hydrogens is 318 g/mol. The Morgan fingerprint density at radius 1 is 1.20 bits per heavy atom. The Labute approximate surface area is 147 Å². The number of piperidine rings is 1. The summed E-state index contributed by atoms with van der Waals surface area (Å²) in [5.41, 5.74) is 0. The lowest BCUT2D eigenvalue weighted by Gasteiger charge is -2.31. The molecule has 1 saturated heterocycles. The molecule has 8 nitrogen and oxygen atoms in total. The van der Waals surface area contributed by atoms with E-state index in [1.54, 1.807) is 17.3 Å². The number of hydrogen-bond acceptors (Lipinski definition) is 5. The molecule has 2 aromatic heterocycles. The molecule has 25 heavy (non-hydrogen) atoms. The number of likely N-dealkylation sites (tertiary alicyclic amines) is 1. The van der Waals surface area contributed by atoms with E-state index in [0.717, 1.165) is 44.0 Å². The van der Waals surface area contributed by atoms with Crippen molar-refractivity contribution in [1.29, 1.82) is 0 Å². The molecule has 0 atom stereocenters. The van der Waals surface area contributed by atoms with E-state index in [1.807, 2.05) is 4.90 Å². The summed E-state index contributed by atoms with van der Waals surface area (Å²) in [6.45, 7) is 4.33. The molecule has 3 heterocycles. The van der Waals surface area contributed by atoms with Crippen LogP contribution in [-0.4, -0.2) is 53.4 Å². The zero-order valence-corrected chi connectivity index (χ0v) is 14.7. The van der Waals surface area contributed by atoms with Crippen molar-refractivity contribution in [3.8, 4) is 0 Å². The lowest BCUT2D eigenvalue weighted by atomic mass is 9.95. The Kier molecular flexibility index (Phi) is 4.50. The van der Waals surface area contributed by atoms with E-state index in [1.165, 1.54) is 12.8 Å². The summed E-state index contributed by atoms with van der Waals surface area (Å²) in [5, 5.41) is 13.2. The minimum atomic E-state index is 0.288. The molecule has 2 aromatic rings. The second kappa shape index (κ2) is 6.93. The molecule has 0 spiro atoms. The van der Waals surface area contributed by atoms with Crippen LogP contribution in [0.4, 0.5) is 0 Å². The van der Waals surface area contributed by atoms with Crippen LogP contribution in [0.3, 0.4) is 0 Å². The Morgan fingerprint density at radius 3 is 2.64 bits per heavy atom. The van der Waals surface area contributed by atoms with Gasteiger partial charge in [-0.3, -0.25) is 4.79 Å². The van der Waals surface area contributed by atoms with E-state index in [0.29, 0.717) is 24.9 Å². The van der Waals surface area contributed by atoms with Crippen LogP contribution in [0, 0.1) is 0 Å². The highest BCUT2D eigenvalue weighted by Gasteiger charge is 2.34. The van der Waals surface area contributed by atoms with Gasteiger partial charge in [0.05, 0.1) is 0 Å². The summed E-state index contributed by atoms with van der Waals surface area (Å²) in [4.78, 5) is 18.1. The first-order valence-corrected chi connectivity index (χ1v) is 9.30. The number of nitrogens with zero attached hydrogens (tertiary/aromatic N) is 7. The number of carbonyl (C=O) groups is 1. The van der Waals surface area contributed by atoms with Gasteiger partial charge in [-0.25, -0.2) is 9.67 Å². The standard InChI is InChI=1S/C17H25N7O/c1-2-3-16(25)22-8-6-13(7-9-22)17-21-20-15(24(17)14-4-5-14)10-23-12-18-11-19-23/h11-14H,2-10H2,1H3. The van der Waals surface area contributed by atoms with Gasteiger partial charge >= 0.3 is 0 Å². The minimum Gasteiger partial charge on any atom is -0.343 e. The van der Waals surface area contributed by atoms with E-state index in [9.17, 15) is 4.79 Å². The predicted molar refractivity (Wildman–Crippen MR) is 90.9 cm³/mol. The van der Waals surface area contributed by atoms with E-state index >= 15 is 0 Å². The average molecular weight is 343 g/mol. The van der Waals surface area contributed by atoms with Crippen LogP contribution >= 0.6 is 0 Å². The monoisotopic (exact) mass is 343 g/mol. The number of rotatable bonds is 6. The molecule has 0 N–H and O–H groups in total. The molecule has 2 aliphatic rings. The van der Waals surface area contributed by atoms with Crippen molar-refractivity contribution in [3.05, 3.63) is 24.3 Å². The van der Waals surface area contributed by atoms with E-state index in [2.05, 4.69) is 31.8 Å². The highest BCUT2D eigenvalue weighted by Crippen LogP contribution is 2.39. The van der Waals surface area contributed by atoms with E-state index in [4.69, 9.17) is 0 Å². The minimum absolute atomic E-state index is 0.288. The van der Waals surface area contributed by atoms with E-state index in [-0.39, 0.29) is 5.91 Å². The molecule has 0 aromatic carbocycles. The van der Waals surface area contributed by atoms with Crippen LogP contribution in [0.1, 0.15) is 69.1 Å². The average Bonchev–Trinajstić information content (AvgIpc) is 3.17. The van der Waals surface area contributed by atoms with Gasteiger partial charge in [0.15, 0.2) is 5.82 Å². The molecule has 1 amide bonds. The molecule has 0 bridgehead atoms. The Bertz CT molecular complexity index is 711. The topological polar surface area (TPSA) is 81.7 Å². The summed E-state index contributed by atoms with van der Waals surface area (Å²) in [6, 6.07) is 0.531. The third-order valence-electron chi connectivity index (χ3n) is 5.15. The van der Waals surface area contributed by atoms with Gasteiger partial charge in [-0.1, -0.05) is 6.92 Å². The molecule has 4 rings (SSSR count). The van der Waals surface area contributed by atoms with Gasteiger partial charge in [0.1, 0.15) is 25.0 Å². The summed E-state index contributed by atoms with van der Waals surface area (Å²) >= 11 is 0. The van der Waals surface area contributed by atoms with Gasteiger partial charge in [-0.2, -0.15) is 5.10 Å². The van der Waals surface area contributed by atoms with Crippen molar-refractivity contribution in [1.82, 2.24) is 34.4 Å². The number of carbonyl (C=O) groups excluding carboxylic acids is 1. The summed E-state index contributed by atoms with van der Waals surface area (Å²) in [6.07, 6.45) is 9.18. The fraction of sp³-hybridized carbons (Fsp3) is 0.706. The van der Waals surface area contributed by atoms with Gasteiger partial charge in [0.2, 0.25) is 5.91 Å². The molecular formula is C17H25N7O. The lowest BCUT2D eigenvalue weighted by molar-refractivity contribution is -0.132. The zero-order valence-electron chi connectivity index (χ0n) is 14.7. The largest absolute Gasteiger partial charge is 0.343 e.